The Morgan fingerprint density at radius 1 is 1.07 bits per heavy atom. The normalized spacial score (nSPS) is 25.9. The first-order chi connectivity index (χ1) is 13.7. The van der Waals surface area contributed by atoms with E-state index in [1.54, 1.807) is 16.7 Å². The Kier molecular flexibility index (Phi) is 5.72. The first-order valence-electron chi connectivity index (χ1n) is 9.87. The maximum absolute atomic E-state index is 12.9. The zero-order valence-electron chi connectivity index (χ0n) is 16.0. The van der Waals surface area contributed by atoms with Gasteiger partial charge in [-0.15, -0.1) is 0 Å². The highest BCUT2D eigenvalue weighted by molar-refractivity contribution is 7.99. The molecule has 4 rings (SSSR count). The zero-order chi connectivity index (χ0) is 19.5. The Balaban J connectivity index is 1.44. The predicted octanol–water partition coefficient (Wildman–Crippen LogP) is 3.69. The van der Waals surface area contributed by atoms with Crippen LogP contribution in [0.2, 0.25) is 0 Å². The molecular weight excluding hydrogens is 370 g/mol. The summed E-state index contributed by atoms with van der Waals surface area (Å²) in [6.07, 6.45) is 1.61. The second-order valence-corrected chi connectivity index (χ2v) is 8.89. The van der Waals surface area contributed by atoms with E-state index < -0.39 is 6.04 Å². The van der Waals surface area contributed by atoms with Gasteiger partial charge in [-0.3, -0.25) is 4.79 Å². The van der Waals surface area contributed by atoms with Crippen LogP contribution in [0.3, 0.4) is 0 Å². The molecule has 28 heavy (non-hydrogen) atoms. The molecule has 2 aromatic carbocycles. The lowest BCUT2D eigenvalue weighted by molar-refractivity contribution is -0.167. The Bertz CT molecular complexity index is 826. The first kappa shape index (κ1) is 19.1. The van der Waals surface area contributed by atoms with E-state index in [4.69, 9.17) is 4.74 Å². The molecule has 2 aliphatic heterocycles. The lowest BCUT2D eigenvalue weighted by Crippen LogP contribution is -2.62. The van der Waals surface area contributed by atoms with Crippen molar-refractivity contribution in [1.82, 2.24) is 4.90 Å². The van der Waals surface area contributed by atoms with E-state index in [1.807, 2.05) is 48.5 Å². The molecule has 3 unspecified atom stereocenters. The average Bonchev–Trinajstić information content (AvgIpc) is 3.07. The second kappa shape index (κ2) is 8.39. The van der Waals surface area contributed by atoms with Crippen LogP contribution in [0, 0.1) is 5.92 Å². The minimum atomic E-state index is -0.460. The molecule has 4 atom stereocenters. The maximum Gasteiger partial charge on any atom is 0.330 e. The van der Waals surface area contributed by atoms with Crippen LogP contribution in [0.5, 0.6) is 0 Å². The zero-order valence-corrected chi connectivity index (χ0v) is 16.8. The van der Waals surface area contributed by atoms with Crippen molar-refractivity contribution in [1.29, 1.82) is 0 Å². The summed E-state index contributed by atoms with van der Waals surface area (Å²) in [6.45, 7) is 2.34. The molecule has 2 heterocycles. The quantitative estimate of drug-likeness (QED) is 0.530. The Morgan fingerprint density at radius 3 is 2.36 bits per heavy atom. The second-order valence-electron chi connectivity index (χ2n) is 7.38. The Labute approximate surface area is 170 Å². The van der Waals surface area contributed by atoms with E-state index in [0.717, 1.165) is 24.2 Å². The number of thioether (sulfide) groups is 1. The maximum atomic E-state index is 12.9. The fourth-order valence-electron chi connectivity index (χ4n) is 4.34. The van der Waals surface area contributed by atoms with Gasteiger partial charge in [0.05, 0.1) is 5.92 Å². The number of rotatable bonds is 7. The summed E-state index contributed by atoms with van der Waals surface area (Å²) in [5, 5.41) is 0.114. The topological polar surface area (TPSA) is 46.6 Å². The number of amides is 1. The number of hydrogen-bond donors (Lipinski definition) is 0. The van der Waals surface area contributed by atoms with Gasteiger partial charge in [-0.25, -0.2) is 4.79 Å². The predicted molar refractivity (Wildman–Crippen MR) is 111 cm³/mol. The molecule has 2 aliphatic rings. The molecule has 5 heteroatoms. The van der Waals surface area contributed by atoms with Crippen molar-refractivity contribution in [3.8, 4) is 0 Å². The van der Waals surface area contributed by atoms with Crippen LogP contribution in [0.15, 0.2) is 60.7 Å². The first-order valence-corrected chi connectivity index (χ1v) is 10.9. The van der Waals surface area contributed by atoms with Crippen molar-refractivity contribution in [3.63, 3.8) is 0 Å². The van der Waals surface area contributed by atoms with Crippen LogP contribution < -0.4 is 0 Å². The molecule has 0 spiro atoms. The minimum absolute atomic E-state index is 0.0192. The van der Waals surface area contributed by atoms with Crippen LogP contribution in [0.1, 0.15) is 24.5 Å². The number of esters is 1. The lowest BCUT2D eigenvalue weighted by Gasteiger charge is -2.45. The van der Waals surface area contributed by atoms with Crippen LogP contribution in [-0.4, -0.2) is 39.9 Å². The minimum Gasteiger partial charge on any atom is -0.459 e. The summed E-state index contributed by atoms with van der Waals surface area (Å²) in [5.74, 6) is 0.721. The van der Waals surface area contributed by atoms with Gasteiger partial charge in [0.15, 0.2) is 0 Å². The van der Waals surface area contributed by atoms with Crippen LogP contribution in [-0.2, 0) is 27.4 Å². The molecule has 1 amide bonds. The van der Waals surface area contributed by atoms with E-state index >= 15 is 0 Å². The molecule has 4 nitrogen and oxygen atoms in total. The van der Waals surface area contributed by atoms with E-state index in [-0.39, 0.29) is 35.7 Å². The van der Waals surface area contributed by atoms with Crippen molar-refractivity contribution in [3.05, 3.63) is 71.8 Å². The van der Waals surface area contributed by atoms with Gasteiger partial charge in [-0.2, -0.15) is 11.8 Å². The van der Waals surface area contributed by atoms with E-state index in [0.29, 0.717) is 0 Å². The van der Waals surface area contributed by atoms with Crippen molar-refractivity contribution in [2.24, 2.45) is 5.92 Å². The number of ether oxygens (including phenoxy) is 1. The molecule has 0 bridgehead atoms. The molecule has 0 aromatic heterocycles. The Morgan fingerprint density at radius 2 is 1.71 bits per heavy atom. The smallest absolute Gasteiger partial charge is 0.330 e. The fourth-order valence-corrected chi connectivity index (χ4v) is 5.53. The van der Waals surface area contributed by atoms with E-state index in [9.17, 15) is 9.59 Å². The third-order valence-electron chi connectivity index (χ3n) is 5.66. The van der Waals surface area contributed by atoms with Gasteiger partial charge in [0.25, 0.3) is 0 Å². The summed E-state index contributed by atoms with van der Waals surface area (Å²) >= 11 is 1.76. The van der Waals surface area contributed by atoms with E-state index in [1.165, 1.54) is 5.56 Å². The van der Waals surface area contributed by atoms with Gasteiger partial charge in [-0.05, 0) is 29.7 Å². The van der Waals surface area contributed by atoms with Gasteiger partial charge < -0.3 is 9.64 Å². The summed E-state index contributed by atoms with van der Waals surface area (Å²) in [5.41, 5.74) is 2.14. The summed E-state index contributed by atoms with van der Waals surface area (Å²) in [4.78, 5) is 27.6. The van der Waals surface area contributed by atoms with Gasteiger partial charge in [0.1, 0.15) is 12.6 Å². The standard InChI is InChI=1S/C23H25NO3S/c1-2-28-20-14-19-18(13-16-9-5-3-6-10-16)22(25)24(19)21(20)23(26)27-15-17-11-7-4-8-12-17/h3-12,18-21H,2,13-15H2,1H3/t18?,19?,20?,21-/m0/s1. The molecule has 0 saturated carbocycles. The van der Waals surface area contributed by atoms with Crippen LogP contribution in [0.4, 0.5) is 0 Å². The number of carbonyl (C=O) groups is 2. The van der Waals surface area contributed by atoms with Gasteiger partial charge >= 0.3 is 5.97 Å². The highest BCUT2D eigenvalue weighted by Crippen LogP contribution is 2.45. The highest BCUT2D eigenvalue weighted by atomic mass is 32.2. The number of benzene rings is 2. The van der Waals surface area contributed by atoms with Crippen LogP contribution >= 0.6 is 11.8 Å². The summed E-state index contributed by atoms with van der Waals surface area (Å²) < 4.78 is 5.60. The molecule has 0 radical (unpaired) electrons. The highest BCUT2D eigenvalue weighted by Gasteiger charge is 2.59. The summed E-state index contributed by atoms with van der Waals surface area (Å²) in [6, 6.07) is 19.5. The molecule has 0 aliphatic carbocycles. The third-order valence-corrected chi connectivity index (χ3v) is 6.88. The number of fused-ring (bicyclic) bond motifs is 1. The Hall–Kier alpha value is -2.27. The molecule has 146 valence electrons. The average molecular weight is 396 g/mol. The SMILES string of the molecule is CCSC1CC2C(Cc3ccccc3)C(=O)N2[C@@H]1C(=O)OCc1ccccc1. The van der Waals surface area contributed by atoms with Gasteiger partial charge in [-0.1, -0.05) is 67.6 Å². The van der Waals surface area contributed by atoms with Crippen molar-refractivity contribution >= 4 is 23.6 Å². The lowest BCUT2D eigenvalue weighted by atomic mass is 9.83. The van der Waals surface area contributed by atoms with Crippen molar-refractivity contribution in [2.45, 2.75) is 43.7 Å². The molecule has 2 fully saturated rings. The fraction of sp³-hybridized carbons (Fsp3) is 0.391. The number of nitrogens with zero attached hydrogens (tertiary/aromatic N) is 1. The molecule has 2 saturated heterocycles. The largest absolute Gasteiger partial charge is 0.459 e. The van der Waals surface area contributed by atoms with Crippen molar-refractivity contribution in [2.75, 3.05) is 5.75 Å². The van der Waals surface area contributed by atoms with Gasteiger partial charge in [0, 0.05) is 11.3 Å². The number of carbonyl (C=O) groups excluding carboxylic acids is 2. The monoisotopic (exact) mass is 395 g/mol. The number of β-lactam (4-membered cyclic amide) rings is 1. The number of hydrogen-bond acceptors (Lipinski definition) is 4. The molecule has 2 aromatic rings. The van der Waals surface area contributed by atoms with E-state index in [2.05, 4.69) is 19.1 Å². The van der Waals surface area contributed by atoms with Crippen LogP contribution in [0.25, 0.3) is 0 Å². The molecule has 0 N–H and O–H groups in total. The molecular formula is C23H25NO3S. The third kappa shape index (κ3) is 3.68. The van der Waals surface area contributed by atoms with Crippen molar-refractivity contribution < 1.29 is 14.3 Å². The summed E-state index contributed by atoms with van der Waals surface area (Å²) in [7, 11) is 0. The van der Waals surface area contributed by atoms with Gasteiger partial charge in [0.2, 0.25) is 5.91 Å².